The van der Waals surface area contributed by atoms with Gasteiger partial charge < -0.3 is 14.8 Å². The number of amides is 5. The van der Waals surface area contributed by atoms with Gasteiger partial charge in [-0.25, -0.2) is 9.69 Å². The summed E-state index contributed by atoms with van der Waals surface area (Å²) in [4.78, 5) is 51.5. The molecule has 0 radical (unpaired) electrons. The topological polar surface area (TPSA) is 114 Å². The van der Waals surface area contributed by atoms with Crippen LogP contribution in [-0.4, -0.2) is 37.0 Å². The molecule has 0 spiro atoms. The first kappa shape index (κ1) is 26.9. The van der Waals surface area contributed by atoms with Crippen molar-refractivity contribution in [1.82, 2.24) is 5.32 Å². The van der Waals surface area contributed by atoms with Crippen LogP contribution in [0, 0.1) is 10.5 Å². The number of para-hydroxylation sites is 1. The molecule has 9 nitrogen and oxygen atoms in total. The van der Waals surface area contributed by atoms with Crippen LogP contribution in [0.2, 0.25) is 0 Å². The van der Waals surface area contributed by atoms with E-state index in [1.54, 1.807) is 55.5 Å². The number of nitrogens with one attached hydrogen (secondary N) is 2. The maximum atomic E-state index is 13.2. The van der Waals surface area contributed by atoms with E-state index in [2.05, 4.69) is 10.6 Å². The molecule has 38 heavy (non-hydrogen) atoms. The monoisotopic (exact) mass is 625 g/mol. The van der Waals surface area contributed by atoms with Gasteiger partial charge >= 0.3 is 6.03 Å². The van der Waals surface area contributed by atoms with Crippen LogP contribution in [0.3, 0.4) is 0 Å². The summed E-state index contributed by atoms with van der Waals surface area (Å²) < 4.78 is 12.1. The van der Waals surface area contributed by atoms with Crippen LogP contribution >= 0.6 is 22.6 Å². The normalized spacial score (nSPS) is 14.3. The van der Waals surface area contributed by atoms with Crippen molar-refractivity contribution in [3.63, 3.8) is 0 Å². The summed E-state index contributed by atoms with van der Waals surface area (Å²) in [6, 6.07) is 18.3. The first-order valence-electron chi connectivity index (χ1n) is 11.7. The molecule has 0 bridgehead atoms. The number of benzene rings is 3. The molecule has 5 amide bonds. The highest BCUT2D eigenvalue weighted by molar-refractivity contribution is 14.1. The van der Waals surface area contributed by atoms with E-state index in [1.807, 2.05) is 47.7 Å². The number of rotatable bonds is 8. The molecule has 1 fully saturated rings. The fourth-order valence-electron chi connectivity index (χ4n) is 3.68. The maximum absolute atomic E-state index is 13.2. The largest absolute Gasteiger partial charge is 0.490 e. The molecule has 1 aliphatic rings. The Hall–Kier alpha value is -4.19. The van der Waals surface area contributed by atoms with Gasteiger partial charge in [0.1, 0.15) is 5.57 Å². The minimum absolute atomic E-state index is 0.209. The number of barbiturate groups is 1. The van der Waals surface area contributed by atoms with Crippen LogP contribution in [-0.2, 0) is 14.4 Å². The third kappa shape index (κ3) is 6.20. The molecule has 10 heteroatoms. The first-order valence-corrected chi connectivity index (χ1v) is 12.8. The third-order valence-electron chi connectivity index (χ3n) is 5.44. The van der Waals surface area contributed by atoms with Gasteiger partial charge in [-0.3, -0.25) is 19.7 Å². The third-order valence-corrected chi connectivity index (χ3v) is 6.24. The Labute approximate surface area is 232 Å². The molecular weight excluding hydrogens is 601 g/mol. The smallest absolute Gasteiger partial charge is 0.335 e. The molecular formula is C28H24IN3O6. The predicted molar refractivity (Wildman–Crippen MR) is 151 cm³/mol. The summed E-state index contributed by atoms with van der Waals surface area (Å²) in [6.45, 7) is 3.75. The van der Waals surface area contributed by atoms with Crippen LogP contribution in [0.1, 0.15) is 18.1 Å². The van der Waals surface area contributed by atoms with E-state index in [9.17, 15) is 19.2 Å². The van der Waals surface area contributed by atoms with Crippen molar-refractivity contribution < 1.29 is 28.7 Å². The molecule has 0 aliphatic carbocycles. The summed E-state index contributed by atoms with van der Waals surface area (Å²) in [5.74, 6) is -1.18. The average molecular weight is 625 g/mol. The van der Waals surface area contributed by atoms with E-state index in [0.29, 0.717) is 38.6 Å². The second-order valence-corrected chi connectivity index (χ2v) is 9.42. The minimum atomic E-state index is -0.817. The van der Waals surface area contributed by atoms with E-state index in [-0.39, 0.29) is 18.1 Å². The van der Waals surface area contributed by atoms with Crippen molar-refractivity contribution in [2.45, 2.75) is 13.8 Å². The molecule has 194 valence electrons. The van der Waals surface area contributed by atoms with Gasteiger partial charge in [0, 0.05) is 5.69 Å². The standard InChI is InChI=1S/C28H24IN3O6/c1-3-37-23-15-18(14-22(29)25(23)38-16-24(33)30-19-7-5-4-6-8-19)13-21-26(34)31-28(36)32(27(21)35)20-11-9-17(2)10-12-20/h4-15H,3,16H2,1-2H3,(H,30,33)(H,31,34,36)/b21-13+. The van der Waals surface area contributed by atoms with Crippen LogP contribution in [0.4, 0.5) is 16.2 Å². The lowest BCUT2D eigenvalue weighted by Crippen LogP contribution is -2.54. The summed E-state index contributed by atoms with van der Waals surface area (Å²) in [7, 11) is 0. The van der Waals surface area contributed by atoms with Crippen molar-refractivity contribution in [1.29, 1.82) is 0 Å². The lowest BCUT2D eigenvalue weighted by Gasteiger charge is -2.26. The van der Waals surface area contributed by atoms with E-state index in [1.165, 1.54) is 6.08 Å². The van der Waals surface area contributed by atoms with Gasteiger partial charge in [0.05, 0.1) is 15.9 Å². The highest BCUT2D eigenvalue weighted by Crippen LogP contribution is 2.35. The molecule has 0 unspecified atom stereocenters. The summed E-state index contributed by atoms with van der Waals surface area (Å²) >= 11 is 2.03. The number of ether oxygens (including phenoxy) is 2. The number of anilines is 2. The molecule has 2 N–H and O–H groups in total. The van der Waals surface area contributed by atoms with Crippen LogP contribution in [0.5, 0.6) is 11.5 Å². The van der Waals surface area contributed by atoms with Gasteiger partial charge in [0.2, 0.25) is 0 Å². The van der Waals surface area contributed by atoms with Gasteiger partial charge in [-0.05, 0) is 84.5 Å². The zero-order valence-electron chi connectivity index (χ0n) is 20.6. The number of carbonyl (C=O) groups is 4. The Morgan fingerprint density at radius 1 is 1.03 bits per heavy atom. The second-order valence-electron chi connectivity index (χ2n) is 8.26. The Bertz CT molecular complexity index is 1420. The lowest BCUT2D eigenvalue weighted by molar-refractivity contribution is -0.122. The van der Waals surface area contributed by atoms with Crippen LogP contribution < -0.4 is 25.0 Å². The average Bonchev–Trinajstić information content (AvgIpc) is 2.88. The molecule has 0 aromatic heterocycles. The Kier molecular flexibility index (Phi) is 8.41. The van der Waals surface area contributed by atoms with Crippen LogP contribution in [0.25, 0.3) is 6.08 Å². The molecule has 0 saturated carbocycles. The van der Waals surface area contributed by atoms with E-state index in [0.717, 1.165) is 10.5 Å². The Morgan fingerprint density at radius 3 is 2.42 bits per heavy atom. The fraction of sp³-hybridized carbons (Fsp3) is 0.143. The van der Waals surface area contributed by atoms with E-state index < -0.39 is 17.8 Å². The number of nitrogens with zero attached hydrogens (tertiary/aromatic N) is 1. The maximum Gasteiger partial charge on any atom is 0.335 e. The molecule has 4 rings (SSSR count). The number of halogens is 1. The number of urea groups is 1. The SMILES string of the molecule is CCOc1cc(/C=C2\C(=O)NC(=O)N(c3ccc(C)cc3)C2=O)cc(I)c1OCC(=O)Nc1ccccc1. The highest BCUT2D eigenvalue weighted by atomic mass is 127. The number of imide groups is 2. The van der Waals surface area contributed by atoms with Crippen molar-refractivity contribution >= 4 is 63.8 Å². The Balaban J connectivity index is 1.58. The molecule has 1 saturated heterocycles. The zero-order valence-corrected chi connectivity index (χ0v) is 22.8. The van der Waals surface area contributed by atoms with Gasteiger partial charge in [-0.2, -0.15) is 0 Å². The van der Waals surface area contributed by atoms with Gasteiger partial charge in [-0.15, -0.1) is 0 Å². The highest BCUT2D eigenvalue weighted by Gasteiger charge is 2.36. The summed E-state index contributed by atoms with van der Waals surface area (Å²) in [5, 5.41) is 4.97. The molecule has 0 atom stereocenters. The summed E-state index contributed by atoms with van der Waals surface area (Å²) in [6.07, 6.45) is 1.39. The van der Waals surface area contributed by atoms with Gasteiger partial charge in [0.15, 0.2) is 18.1 Å². The number of carbonyl (C=O) groups excluding carboxylic acids is 4. The van der Waals surface area contributed by atoms with Crippen molar-refractivity contribution in [3.8, 4) is 11.5 Å². The molecule has 1 aliphatic heterocycles. The number of aryl methyl sites for hydroxylation is 1. The number of hydrogen-bond donors (Lipinski definition) is 2. The van der Waals surface area contributed by atoms with Crippen molar-refractivity contribution in [3.05, 3.63) is 87.0 Å². The summed E-state index contributed by atoms with van der Waals surface area (Å²) in [5.41, 5.74) is 2.23. The molecule has 3 aromatic carbocycles. The molecule has 3 aromatic rings. The number of hydrogen-bond acceptors (Lipinski definition) is 6. The van der Waals surface area contributed by atoms with Gasteiger partial charge in [0.25, 0.3) is 17.7 Å². The minimum Gasteiger partial charge on any atom is -0.490 e. The zero-order chi connectivity index (χ0) is 27.2. The first-order chi connectivity index (χ1) is 18.3. The fourth-order valence-corrected chi connectivity index (χ4v) is 4.46. The lowest BCUT2D eigenvalue weighted by atomic mass is 10.1. The van der Waals surface area contributed by atoms with Gasteiger partial charge in [-0.1, -0.05) is 35.9 Å². The predicted octanol–water partition coefficient (Wildman–Crippen LogP) is 4.68. The van der Waals surface area contributed by atoms with Crippen LogP contribution in [0.15, 0.2) is 72.3 Å². The van der Waals surface area contributed by atoms with E-state index >= 15 is 0 Å². The quantitative estimate of drug-likeness (QED) is 0.214. The molecule has 1 heterocycles. The Morgan fingerprint density at radius 2 is 1.74 bits per heavy atom. The van der Waals surface area contributed by atoms with Crippen molar-refractivity contribution in [2.24, 2.45) is 0 Å². The van der Waals surface area contributed by atoms with Crippen molar-refractivity contribution in [2.75, 3.05) is 23.4 Å². The second kappa shape index (κ2) is 11.9. The van der Waals surface area contributed by atoms with E-state index in [4.69, 9.17) is 9.47 Å².